The minimum absolute atomic E-state index is 0.213. The van der Waals surface area contributed by atoms with Gasteiger partial charge in [-0.3, -0.25) is 4.98 Å². The van der Waals surface area contributed by atoms with Crippen molar-refractivity contribution in [3.05, 3.63) is 34.5 Å². The summed E-state index contributed by atoms with van der Waals surface area (Å²) < 4.78 is 0. The van der Waals surface area contributed by atoms with E-state index in [9.17, 15) is 9.90 Å². The van der Waals surface area contributed by atoms with Gasteiger partial charge >= 0.3 is 5.69 Å². The van der Waals surface area contributed by atoms with Gasteiger partial charge in [-0.15, -0.1) is 6.42 Å². The molecule has 2 aromatic heterocycles. The summed E-state index contributed by atoms with van der Waals surface area (Å²) in [6.45, 7) is 0. The van der Waals surface area contributed by atoms with Crippen molar-refractivity contribution in [2.24, 2.45) is 0 Å². The zero-order chi connectivity index (χ0) is 10.8. The predicted molar refractivity (Wildman–Crippen MR) is 54.2 cm³/mol. The number of aromatic nitrogens is 3. The Balaban J connectivity index is 2.51. The number of nitrogens with one attached hydrogen (secondary N) is 2. The Kier molecular flexibility index (Phi) is 2.03. The van der Waals surface area contributed by atoms with Crippen LogP contribution in [-0.2, 0) is 0 Å². The monoisotopic (exact) mass is 201 g/mol. The Morgan fingerprint density at radius 3 is 2.67 bits per heavy atom. The second-order valence-corrected chi connectivity index (χ2v) is 2.88. The van der Waals surface area contributed by atoms with Gasteiger partial charge in [-0.05, 0) is 12.1 Å². The number of nitrogens with zero attached hydrogens (tertiary/aromatic N) is 1. The highest BCUT2D eigenvalue weighted by atomic mass is 16.3. The summed E-state index contributed by atoms with van der Waals surface area (Å²) in [5.74, 6) is 2.16. The third kappa shape index (κ3) is 1.60. The minimum atomic E-state index is -0.469. The van der Waals surface area contributed by atoms with E-state index in [0.29, 0.717) is 17.0 Å². The van der Waals surface area contributed by atoms with E-state index >= 15 is 0 Å². The highest BCUT2D eigenvalue weighted by Crippen LogP contribution is 2.22. The maximum atomic E-state index is 10.9. The summed E-state index contributed by atoms with van der Waals surface area (Å²) in [7, 11) is 0. The van der Waals surface area contributed by atoms with E-state index < -0.39 is 5.69 Å². The van der Waals surface area contributed by atoms with Gasteiger partial charge in [0.2, 0.25) is 5.88 Å². The van der Waals surface area contributed by atoms with Crippen LogP contribution < -0.4 is 5.69 Å². The Morgan fingerprint density at radius 2 is 2.20 bits per heavy atom. The van der Waals surface area contributed by atoms with Crippen LogP contribution in [0, 0.1) is 12.3 Å². The third-order valence-corrected chi connectivity index (χ3v) is 1.91. The molecule has 0 atom stereocenters. The van der Waals surface area contributed by atoms with Crippen LogP contribution in [0.2, 0.25) is 0 Å². The molecule has 74 valence electrons. The largest absolute Gasteiger partial charge is 0.493 e. The van der Waals surface area contributed by atoms with E-state index in [2.05, 4.69) is 20.9 Å². The molecule has 0 saturated heterocycles. The molecule has 0 unspecified atom stereocenters. The number of H-pyrrole nitrogens is 2. The molecule has 2 aromatic rings. The van der Waals surface area contributed by atoms with E-state index in [-0.39, 0.29) is 5.88 Å². The molecule has 5 heteroatoms. The Hall–Kier alpha value is -2.48. The Labute approximate surface area is 84.8 Å². The number of aromatic hydroxyl groups is 1. The van der Waals surface area contributed by atoms with Gasteiger partial charge < -0.3 is 10.1 Å². The van der Waals surface area contributed by atoms with Crippen molar-refractivity contribution in [1.82, 2.24) is 15.0 Å². The molecule has 0 radical (unpaired) electrons. The molecule has 0 fully saturated rings. The molecule has 5 nitrogen and oxygen atoms in total. The molecular weight excluding hydrogens is 194 g/mol. The molecule has 0 spiro atoms. The fraction of sp³-hybridized carbons (Fsp3) is 0. The normalized spacial score (nSPS) is 9.80. The lowest BCUT2D eigenvalue weighted by Crippen LogP contribution is -2.00. The van der Waals surface area contributed by atoms with Crippen LogP contribution in [0.5, 0.6) is 5.88 Å². The van der Waals surface area contributed by atoms with Crippen molar-refractivity contribution in [2.75, 3.05) is 0 Å². The first-order chi connectivity index (χ1) is 7.20. The van der Waals surface area contributed by atoms with Crippen molar-refractivity contribution in [3.63, 3.8) is 0 Å². The second kappa shape index (κ2) is 3.35. The summed E-state index contributed by atoms with van der Waals surface area (Å²) >= 11 is 0. The minimum Gasteiger partial charge on any atom is -0.493 e. The van der Waals surface area contributed by atoms with Crippen LogP contribution in [0.1, 0.15) is 5.69 Å². The fourth-order valence-electron chi connectivity index (χ4n) is 1.21. The van der Waals surface area contributed by atoms with E-state index in [1.807, 2.05) is 0 Å². The Bertz CT molecular complexity index is 572. The second-order valence-electron chi connectivity index (χ2n) is 2.88. The molecule has 0 amide bonds. The number of aromatic amines is 2. The highest BCUT2D eigenvalue weighted by molar-refractivity contribution is 5.63. The zero-order valence-electron chi connectivity index (χ0n) is 7.61. The number of hydrogen-bond acceptors (Lipinski definition) is 3. The summed E-state index contributed by atoms with van der Waals surface area (Å²) in [6, 6.07) is 3.29. The summed E-state index contributed by atoms with van der Waals surface area (Å²) in [5.41, 5.74) is 0.917. The maximum Gasteiger partial charge on any atom is 0.326 e. The first-order valence-corrected chi connectivity index (χ1v) is 4.15. The summed E-state index contributed by atoms with van der Waals surface area (Å²) in [5, 5.41) is 9.36. The van der Waals surface area contributed by atoms with Crippen LogP contribution in [0.15, 0.2) is 23.1 Å². The fourth-order valence-corrected chi connectivity index (χ4v) is 1.21. The number of terminal acetylenes is 1. The summed E-state index contributed by atoms with van der Waals surface area (Å²) in [4.78, 5) is 19.5. The van der Waals surface area contributed by atoms with Crippen LogP contribution >= 0.6 is 0 Å². The van der Waals surface area contributed by atoms with Gasteiger partial charge in [0.15, 0.2) is 0 Å². The molecule has 0 aliphatic rings. The number of rotatable bonds is 1. The Morgan fingerprint density at radius 1 is 1.40 bits per heavy atom. The van der Waals surface area contributed by atoms with Gasteiger partial charge in [0.1, 0.15) is 11.4 Å². The van der Waals surface area contributed by atoms with Crippen LogP contribution in [-0.4, -0.2) is 20.1 Å². The zero-order valence-corrected chi connectivity index (χ0v) is 7.61. The lowest BCUT2D eigenvalue weighted by atomic mass is 10.2. The molecule has 2 heterocycles. The molecule has 2 rings (SSSR count). The van der Waals surface area contributed by atoms with Crippen molar-refractivity contribution in [2.45, 2.75) is 0 Å². The molecule has 0 aromatic carbocycles. The average Bonchev–Trinajstić information content (AvgIpc) is 2.58. The van der Waals surface area contributed by atoms with Crippen LogP contribution in [0.4, 0.5) is 0 Å². The topological polar surface area (TPSA) is 81.8 Å². The molecule has 0 aliphatic carbocycles. The van der Waals surface area contributed by atoms with Gasteiger partial charge in [-0.2, -0.15) is 0 Å². The van der Waals surface area contributed by atoms with Crippen molar-refractivity contribution < 1.29 is 5.11 Å². The smallest absolute Gasteiger partial charge is 0.326 e. The lowest BCUT2D eigenvalue weighted by Gasteiger charge is -1.97. The van der Waals surface area contributed by atoms with Crippen molar-refractivity contribution in [1.29, 1.82) is 0 Å². The van der Waals surface area contributed by atoms with Gasteiger partial charge in [-0.1, -0.05) is 5.92 Å². The molecule has 15 heavy (non-hydrogen) atoms. The van der Waals surface area contributed by atoms with Crippen LogP contribution in [0.25, 0.3) is 11.3 Å². The van der Waals surface area contributed by atoms with Crippen molar-refractivity contribution >= 4 is 0 Å². The molecule has 0 saturated carbocycles. The summed E-state index contributed by atoms with van der Waals surface area (Å²) in [6.07, 6.45) is 6.63. The third-order valence-electron chi connectivity index (χ3n) is 1.91. The lowest BCUT2D eigenvalue weighted by molar-refractivity contribution is 0.457. The van der Waals surface area contributed by atoms with Gasteiger partial charge in [-0.25, -0.2) is 9.78 Å². The molecule has 0 aliphatic heterocycles. The van der Waals surface area contributed by atoms with Gasteiger partial charge in [0.25, 0.3) is 0 Å². The van der Waals surface area contributed by atoms with E-state index in [0.717, 1.165) is 0 Å². The van der Waals surface area contributed by atoms with E-state index in [4.69, 9.17) is 6.42 Å². The van der Waals surface area contributed by atoms with Gasteiger partial charge in [0, 0.05) is 11.8 Å². The average molecular weight is 201 g/mol. The molecular formula is C10H7N3O2. The van der Waals surface area contributed by atoms with Gasteiger partial charge in [0.05, 0.1) is 0 Å². The van der Waals surface area contributed by atoms with Crippen LogP contribution in [0.3, 0.4) is 0 Å². The maximum absolute atomic E-state index is 10.9. The van der Waals surface area contributed by atoms with E-state index in [1.165, 1.54) is 6.20 Å². The first-order valence-electron chi connectivity index (χ1n) is 4.15. The standard InChI is InChI=1S/C10H7N3O2/c1-2-7-4-3-6(5-11-7)8-9(14)13-10(15)12-8/h1,3-5,14H,(H2,12,13,15). The first kappa shape index (κ1) is 9.09. The SMILES string of the molecule is C#Cc1ccc(-c2[nH]c(=O)[nH]c2O)cn1. The van der Waals surface area contributed by atoms with E-state index in [1.54, 1.807) is 12.1 Å². The quantitative estimate of drug-likeness (QED) is 0.586. The highest BCUT2D eigenvalue weighted by Gasteiger charge is 2.07. The van der Waals surface area contributed by atoms with Crippen molar-refractivity contribution in [3.8, 4) is 29.5 Å². The number of imidazole rings is 1. The molecule has 3 N–H and O–H groups in total. The number of pyridine rings is 1. The number of hydrogen-bond donors (Lipinski definition) is 3. The molecule has 0 bridgehead atoms. The predicted octanol–water partition coefficient (Wildman–Crippen LogP) is 0.452.